The first kappa shape index (κ1) is 19.5. The Kier molecular flexibility index (Phi) is 6.74. The molecule has 2 aromatic carbocycles. The van der Waals surface area contributed by atoms with Gasteiger partial charge >= 0.3 is 6.03 Å². The van der Waals surface area contributed by atoms with E-state index in [0.717, 1.165) is 5.56 Å². The van der Waals surface area contributed by atoms with Gasteiger partial charge in [0.25, 0.3) is 0 Å². The summed E-state index contributed by atoms with van der Waals surface area (Å²) in [5.41, 5.74) is 7.09. The lowest BCUT2D eigenvalue weighted by Crippen LogP contribution is -2.35. The standard InChI is InChI=1S/C18H21N3O4S/c1-24-15-8-3-12(11-16(15)25-2)9-10-20-18(23)21(26)14-6-4-13(5-7-14)17(19)22/h3-8,11,26H,9-10H2,1-2H3,(H2,19,22)(H,20,23). The van der Waals surface area contributed by atoms with Crippen molar-refractivity contribution in [3.63, 3.8) is 0 Å². The van der Waals surface area contributed by atoms with Crippen molar-refractivity contribution in [2.24, 2.45) is 5.73 Å². The van der Waals surface area contributed by atoms with E-state index in [0.29, 0.717) is 35.7 Å². The number of nitrogens with two attached hydrogens (primary N) is 1. The van der Waals surface area contributed by atoms with Gasteiger partial charge in [-0.2, -0.15) is 0 Å². The molecule has 0 aliphatic rings. The van der Waals surface area contributed by atoms with Crippen molar-refractivity contribution in [2.75, 3.05) is 25.1 Å². The van der Waals surface area contributed by atoms with Gasteiger partial charge < -0.3 is 20.5 Å². The first-order chi connectivity index (χ1) is 12.5. The van der Waals surface area contributed by atoms with Crippen LogP contribution >= 0.6 is 12.8 Å². The maximum absolute atomic E-state index is 12.2. The molecule has 0 atom stereocenters. The molecule has 0 aliphatic heterocycles. The molecule has 3 amide bonds. The summed E-state index contributed by atoms with van der Waals surface area (Å²) >= 11 is 4.19. The molecule has 2 rings (SSSR count). The second kappa shape index (κ2) is 9.00. The Morgan fingerprint density at radius 1 is 1.08 bits per heavy atom. The topological polar surface area (TPSA) is 93.9 Å². The first-order valence-corrected chi connectivity index (χ1v) is 8.24. The van der Waals surface area contributed by atoms with Crippen LogP contribution in [0.2, 0.25) is 0 Å². The maximum Gasteiger partial charge on any atom is 0.331 e. The van der Waals surface area contributed by atoms with Crippen LogP contribution in [-0.4, -0.2) is 32.7 Å². The first-order valence-electron chi connectivity index (χ1n) is 7.84. The summed E-state index contributed by atoms with van der Waals surface area (Å²) in [7, 11) is 3.15. The van der Waals surface area contributed by atoms with Crippen molar-refractivity contribution in [2.45, 2.75) is 6.42 Å². The number of urea groups is 1. The monoisotopic (exact) mass is 375 g/mol. The summed E-state index contributed by atoms with van der Waals surface area (Å²) in [4.78, 5) is 23.2. The summed E-state index contributed by atoms with van der Waals surface area (Å²) in [5.74, 6) is 0.768. The number of thiol groups is 1. The summed E-state index contributed by atoms with van der Waals surface area (Å²) in [6.45, 7) is 0.421. The van der Waals surface area contributed by atoms with Crippen molar-refractivity contribution in [3.05, 3.63) is 53.6 Å². The number of hydrogen-bond donors (Lipinski definition) is 3. The van der Waals surface area contributed by atoms with E-state index in [4.69, 9.17) is 15.2 Å². The molecule has 138 valence electrons. The molecule has 0 unspecified atom stereocenters. The predicted octanol–water partition coefficient (Wildman–Crippen LogP) is 2.41. The van der Waals surface area contributed by atoms with Crippen LogP contribution in [0.1, 0.15) is 15.9 Å². The molecule has 7 nitrogen and oxygen atoms in total. The Morgan fingerprint density at radius 3 is 2.31 bits per heavy atom. The van der Waals surface area contributed by atoms with Crippen LogP contribution in [-0.2, 0) is 6.42 Å². The van der Waals surface area contributed by atoms with Crippen LogP contribution in [0.15, 0.2) is 42.5 Å². The molecule has 2 aromatic rings. The van der Waals surface area contributed by atoms with Crippen LogP contribution in [0.5, 0.6) is 11.5 Å². The SMILES string of the molecule is COc1ccc(CCNC(=O)N(S)c2ccc(C(N)=O)cc2)cc1OC. The predicted molar refractivity (Wildman–Crippen MR) is 103 cm³/mol. The van der Waals surface area contributed by atoms with Crippen molar-refractivity contribution in [1.29, 1.82) is 0 Å². The van der Waals surface area contributed by atoms with Crippen LogP contribution in [0.3, 0.4) is 0 Å². The molecule has 0 spiro atoms. The molecule has 3 N–H and O–H groups in total. The highest BCUT2D eigenvalue weighted by Crippen LogP contribution is 2.27. The number of primary amides is 1. The summed E-state index contributed by atoms with van der Waals surface area (Å²) in [6.07, 6.45) is 0.619. The molecular formula is C18H21N3O4S. The van der Waals surface area contributed by atoms with Gasteiger partial charge in [-0.3, -0.25) is 4.79 Å². The van der Waals surface area contributed by atoms with Gasteiger partial charge in [0.15, 0.2) is 11.5 Å². The lowest BCUT2D eigenvalue weighted by molar-refractivity contribution is 0.100. The number of nitrogens with one attached hydrogen (secondary N) is 1. The fraction of sp³-hybridized carbons (Fsp3) is 0.222. The molecule has 8 heteroatoms. The van der Waals surface area contributed by atoms with Gasteiger partial charge in [0, 0.05) is 12.1 Å². The van der Waals surface area contributed by atoms with E-state index in [1.807, 2.05) is 18.2 Å². The number of nitrogens with zero attached hydrogens (tertiary/aromatic N) is 1. The van der Waals surface area contributed by atoms with Gasteiger partial charge in [0.2, 0.25) is 5.91 Å². The molecule has 0 aromatic heterocycles. The number of carbonyl (C=O) groups excluding carboxylic acids is 2. The fourth-order valence-electron chi connectivity index (χ4n) is 2.31. The zero-order valence-corrected chi connectivity index (χ0v) is 15.5. The largest absolute Gasteiger partial charge is 0.493 e. The molecule has 0 fully saturated rings. The summed E-state index contributed by atoms with van der Waals surface area (Å²) in [6, 6.07) is 11.5. The lowest BCUT2D eigenvalue weighted by Gasteiger charge is -2.17. The zero-order valence-electron chi connectivity index (χ0n) is 14.6. The number of amides is 3. The molecule has 0 saturated heterocycles. The third-order valence-corrected chi connectivity index (χ3v) is 4.14. The van der Waals surface area contributed by atoms with Gasteiger partial charge in [-0.25, -0.2) is 9.10 Å². The minimum Gasteiger partial charge on any atom is -0.493 e. The van der Waals surface area contributed by atoms with E-state index in [1.54, 1.807) is 26.4 Å². The third-order valence-electron chi connectivity index (χ3n) is 3.73. The third kappa shape index (κ3) is 4.82. The number of benzene rings is 2. The molecule has 0 heterocycles. The quantitative estimate of drug-likeness (QED) is 0.648. The average molecular weight is 375 g/mol. The van der Waals surface area contributed by atoms with Crippen molar-refractivity contribution >= 4 is 30.4 Å². The number of rotatable bonds is 7. The highest BCUT2D eigenvalue weighted by atomic mass is 32.1. The highest BCUT2D eigenvalue weighted by Gasteiger charge is 2.12. The van der Waals surface area contributed by atoms with E-state index < -0.39 is 5.91 Å². The van der Waals surface area contributed by atoms with Crippen LogP contribution in [0, 0.1) is 0 Å². The molecule has 0 radical (unpaired) electrons. The summed E-state index contributed by atoms with van der Waals surface area (Å²) < 4.78 is 11.6. The fourth-order valence-corrected chi connectivity index (χ4v) is 2.51. The normalized spacial score (nSPS) is 10.1. The van der Waals surface area contributed by atoms with Crippen LogP contribution < -0.4 is 24.8 Å². The van der Waals surface area contributed by atoms with Crippen molar-refractivity contribution < 1.29 is 19.1 Å². The number of hydrogen-bond acceptors (Lipinski definition) is 5. The number of anilines is 1. The second-order valence-electron chi connectivity index (χ2n) is 5.39. The smallest absolute Gasteiger partial charge is 0.331 e. The van der Waals surface area contributed by atoms with Gasteiger partial charge in [0.05, 0.1) is 19.9 Å². The Bertz CT molecular complexity index is 781. The minimum atomic E-state index is -0.526. The van der Waals surface area contributed by atoms with Gasteiger partial charge in [-0.15, -0.1) is 0 Å². The highest BCUT2D eigenvalue weighted by molar-refractivity contribution is 7.82. The molecule has 26 heavy (non-hydrogen) atoms. The lowest BCUT2D eigenvalue weighted by atomic mass is 10.1. The minimum absolute atomic E-state index is 0.365. The average Bonchev–Trinajstić information content (AvgIpc) is 2.67. The van der Waals surface area contributed by atoms with E-state index >= 15 is 0 Å². The summed E-state index contributed by atoms with van der Waals surface area (Å²) in [5, 5.41) is 2.78. The molecule has 0 saturated carbocycles. The van der Waals surface area contributed by atoms with Gasteiger partial charge in [0.1, 0.15) is 0 Å². The molecule has 0 aliphatic carbocycles. The Balaban J connectivity index is 1.90. The van der Waals surface area contributed by atoms with Crippen LogP contribution in [0.25, 0.3) is 0 Å². The van der Waals surface area contributed by atoms with E-state index in [1.165, 1.54) is 16.4 Å². The van der Waals surface area contributed by atoms with E-state index in [2.05, 4.69) is 18.1 Å². The Hall–Kier alpha value is -2.87. The Labute approximate surface area is 157 Å². The molecule has 0 bridgehead atoms. The Morgan fingerprint density at radius 2 is 1.73 bits per heavy atom. The van der Waals surface area contributed by atoms with Crippen molar-refractivity contribution in [3.8, 4) is 11.5 Å². The number of ether oxygens (including phenoxy) is 2. The van der Waals surface area contributed by atoms with Crippen molar-refractivity contribution in [1.82, 2.24) is 5.32 Å². The maximum atomic E-state index is 12.2. The number of carbonyl (C=O) groups is 2. The van der Waals surface area contributed by atoms with E-state index in [-0.39, 0.29) is 6.03 Å². The number of methoxy groups -OCH3 is 2. The van der Waals surface area contributed by atoms with E-state index in [9.17, 15) is 9.59 Å². The zero-order chi connectivity index (χ0) is 19.1. The van der Waals surface area contributed by atoms with Gasteiger partial charge in [-0.1, -0.05) is 18.9 Å². The van der Waals surface area contributed by atoms with Gasteiger partial charge in [-0.05, 0) is 48.4 Å². The molecular weight excluding hydrogens is 354 g/mol. The van der Waals surface area contributed by atoms with Crippen LogP contribution in [0.4, 0.5) is 10.5 Å². The second-order valence-corrected chi connectivity index (χ2v) is 5.79.